The summed E-state index contributed by atoms with van der Waals surface area (Å²) in [4.78, 5) is 13.4. The molecule has 0 bridgehead atoms. The van der Waals surface area contributed by atoms with Crippen LogP contribution in [0.15, 0.2) is 45.6 Å². The van der Waals surface area contributed by atoms with Crippen LogP contribution >= 0.6 is 0 Å². The normalized spacial score (nSPS) is 30.6. The third-order valence-electron chi connectivity index (χ3n) is 7.46. The minimum absolute atomic E-state index is 0.0227. The van der Waals surface area contributed by atoms with Crippen LogP contribution < -0.4 is 24.4 Å². The molecule has 1 aromatic heterocycles. The summed E-state index contributed by atoms with van der Waals surface area (Å²) in [7, 11) is 4.36. The lowest BCUT2D eigenvalue weighted by molar-refractivity contribution is -0.307. The molecular weight excluding hydrogens is 588 g/mol. The Labute approximate surface area is 250 Å². The molecule has 2 aliphatic heterocycles. The van der Waals surface area contributed by atoms with E-state index < -0.39 is 67.3 Å². The van der Waals surface area contributed by atoms with E-state index in [2.05, 4.69) is 0 Å². The Morgan fingerprint density at radius 3 is 2.20 bits per heavy atom. The van der Waals surface area contributed by atoms with E-state index in [1.807, 2.05) is 0 Å². The van der Waals surface area contributed by atoms with Gasteiger partial charge in [-0.2, -0.15) is 0 Å². The molecule has 240 valence electrons. The molecule has 2 saturated heterocycles. The average molecular weight is 623 g/mol. The van der Waals surface area contributed by atoms with Crippen molar-refractivity contribution < 1.29 is 68.2 Å². The van der Waals surface area contributed by atoms with Crippen molar-refractivity contribution in [3.63, 3.8) is 0 Å². The molecule has 0 radical (unpaired) electrons. The maximum Gasteiger partial charge on any atom is 0.229 e. The highest BCUT2D eigenvalue weighted by Gasteiger charge is 2.46. The van der Waals surface area contributed by atoms with Crippen molar-refractivity contribution in [2.75, 3.05) is 34.5 Å². The van der Waals surface area contributed by atoms with Crippen molar-refractivity contribution in [3.8, 4) is 34.3 Å². The third-order valence-corrected chi connectivity index (χ3v) is 7.46. The van der Waals surface area contributed by atoms with Crippen LogP contribution in [-0.4, -0.2) is 120 Å². The van der Waals surface area contributed by atoms with E-state index in [1.165, 1.54) is 39.5 Å². The summed E-state index contributed by atoms with van der Waals surface area (Å²) in [6.07, 6.45) is -14.0. The first-order chi connectivity index (χ1) is 21.1. The summed E-state index contributed by atoms with van der Waals surface area (Å²) < 4.78 is 44.2. The fourth-order valence-electron chi connectivity index (χ4n) is 4.96. The molecule has 0 spiro atoms. The van der Waals surface area contributed by atoms with Crippen LogP contribution in [0.4, 0.5) is 0 Å². The zero-order valence-corrected chi connectivity index (χ0v) is 23.9. The molecule has 9 atom stereocenters. The fourth-order valence-corrected chi connectivity index (χ4v) is 4.96. The van der Waals surface area contributed by atoms with Gasteiger partial charge in [-0.3, -0.25) is 4.79 Å². The molecule has 2 aliphatic rings. The van der Waals surface area contributed by atoms with Crippen LogP contribution in [0, 0.1) is 0 Å². The quantitative estimate of drug-likeness (QED) is 0.171. The molecule has 5 rings (SSSR count). The van der Waals surface area contributed by atoms with Gasteiger partial charge in [-0.15, -0.1) is 0 Å². The molecule has 3 aromatic rings. The van der Waals surface area contributed by atoms with Gasteiger partial charge in [0.2, 0.25) is 6.29 Å². The number of hydrogen-bond acceptors (Lipinski definition) is 15. The van der Waals surface area contributed by atoms with E-state index in [0.29, 0.717) is 17.1 Å². The molecule has 44 heavy (non-hydrogen) atoms. The summed E-state index contributed by atoms with van der Waals surface area (Å²) in [6, 6.07) is 9.07. The summed E-state index contributed by atoms with van der Waals surface area (Å²) in [6.45, 7) is -0.797. The third kappa shape index (κ3) is 6.19. The maximum atomic E-state index is 13.4. The van der Waals surface area contributed by atoms with Crippen LogP contribution in [0.2, 0.25) is 0 Å². The van der Waals surface area contributed by atoms with E-state index in [9.17, 15) is 35.4 Å². The molecule has 0 unspecified atom stereocenters. The Morgan fingerprint density at radius 2 is 1.50 bits per heavy atom. The van der Waals surface area contributed by atoms with E-state index >= 15 is 0 Å². The van der Waals surface area contributed by atoms with E-state index in [1.54, 1.807) is 18.2 Å². The first-order valence-corrected chi connectivity index (χ1v) is 13.6. The Balaban J connectivity index is 1.42. The van der Waals surface area contributed by atoms with Crippen molar-refractivity contribution in [2.24, 2.45) is 0 Å². The minimum atomic E-state index is -1.77. The maximum absolute atomic E-state index is 13.4. The lowest BCUT2D eigenvalue weighted by Crippen LogP contribution is -2.61. The van der Waals surface area contributed by atoms with E-state index in [4.69, 9.17) is 37.6 Å². The highest BCUT2D eigenvalue weighted by molar-refractivity contribution is 5.86. The van der Waals surface area contributed by atoms with Gasteiger partial charge in [-0.25, -0.2) is 0 Å². The van der Waals surface area contributed by atoms with Gasteiger partial charge in [0.1, 0.15) is 71.0 Å². The zero-order valence-electron chi connectivity index (χ0n) is 23.9. The van der Waals surface area contributed by atoms with Gasteiger partial charge >= 0.3 is 0 Å². The second-order valence-electron chi connectivity index (χ2n) is 10.3. The molecule has 15 nitrogen and oxygen atoms in total. The van der Waals surface area contributed by atoms with E-state index in [-0.39, 0.29) is 34.8 Å². The molecular formula is C29H34O15. The second kappa shape index (κ2) is 13.2. The van der Waals surface area contributed by atoms with Gasteiger partial charge < -0.3 is 68.2 Å². The molecule has 2 fully saturated rings. The molecule has 0 aliphatic carbocycles. The van der Waals surface area contributed by atoms with E-state index in [0.717, 1.165) is 0 Å². The lowest BCUT2D eigenvalue weighted by atomic mass is 9.99. The molecule has 15 heteroatoms. The number of ether oxygens (including phenoxy) is 7. The Kier molecular flexibility index (Phi) is 9.59. The fraction of sp³-hybridized carbons (Fsp3) is 0.483. The lowest BCUT2D eigenvalue weighted by Gasteiger charge is -2.41. The van der Waals surface area contributed by atoms with Crippen LogP contribution in [0.5, 0.6) is 23.0 Å². The Morgan fingerprint density at radius 1 is 0.773 bits per heavy atom. The van der Waals surface area contributed by atoms with Crippen molar-refractivity contribution in [1.29, 1.82) is 0 Å². The number of rotatable bonds is 9. The number of methoxy groups -OCH3 is 3. The number of hydrogen-bond donors (Lipinski definition) is 6. The number of benzene rings is 2. The van der Waals surface area contributed by atoms with Gasteiger partial charge in [0.05, 0.1) is 34.5 Å². The predicted molar refractivity (Wildman–Crippen MR) is 149 cm³/mol. The second-order valence-corrected chi connectivity index (χ2v) is 10.3. The summed E-state index contributed by atoms with van der Waals surface area (Å²) in [5, 5.41) is 61.4. The minimum Gasteiger partial charge on any atom is -0.496 e. The summed E-state index contributed by atoms with van der Waals surface area (Å²) >= 11 is 0. The van der Waals surface area contributed by atoms with Gasteiger partial charge in [-0.05, 0) is 18.2 Å². The summed E-state index contributed by atoms with van der Waals surface area (Å²) in [5.74, 6) is 1.23. The highest BCUT2D eigenvalue weighted by Crippen LogP contribution is 2.36. The highest BCUT2D eigenvalue weighted by atomic mass is 16.7. The van der Waals surface area contributed by atoms with Gasteiger partial charge in [0.15, 0.2) is 23.2 Å². The predicted octanol–water partition coefficient (Wildman–Crippen LogP) is -0.872. The van der Waals surface area contributed by atoms with Crippen LogP contribution in [0.25, 0.3) is 22.3 Å². The number of aliphatic hydroxyl groups is 6. The molecule has 0 saturated carbocycles. The Bertz CT molecular complexity index is 1510. The van der Waals surface area contributed by atoms with Gasteiger partial charge in [0, 0.05) is 23.8 Å². The van der Waals surface area contributed by atoms with Gasteiger partial charge in [-0.1, -0.05) is 0 Å². The Hall–Kier alpha value is -3.51. The van der Waals surface area contributed by atoms with Crippen molar-refractivity contribution in [1.82, 2.24) is 0 Å². The van der Waals surface area contributed by atoms with Crippen molar-refractivity contribution in [3.05, 3.63) is 46.6 Å². The first kappa shape index (κ1) is 31.9. The molecule has 2 aromatic carbocycles. The zero-order chi connectivity index (χ0) is 31.7. The summed E-state index contributed by atoms with van der Waals surface area (Å²) in [5.41, 5.74) is 0.0854. The van der Waals surface area contributed by atoms with Crippen molar-refractivity contribution in [2.45, 2.75) is 55.3 Å². The SMILES string of the molecule is COc1cc(O[C@@H]2O[C@H](CO[C@@H]3OC[C@@H](O)[C@H](O)[C@H]3O)[C@@H](O)[C@H](O)[C@H]2O)c2c(=O)cc(-c3ccc(OC)c(OC)c3)oc2c1. The first-order valence-electron chi connectivity index (χ1n) is 13.6. The molecule has 6 N–H and O–H groups in total. The smallest absolute Gasteiger partial charge is 0.229 e. The van der Waals surface area contributed by atoms with Crippen LogP contribution in [0.1, 0.15) is 0 Å². The largest absolute Gasteiger partial charge is 0.496 e. The monoisotopic (exact) mass is 622 g/mol. The van der Waals surface area contributed by atoms with Crippen LogP contribution in [0.3, 0.4) is 0 Å². The number of aliphatic hydroxyl groups excluding tert-OH is 6. The van der Waals surface area contributed by atoms with Gasteiger partial charge in [0.25, 0.3) is 0 Å². The standard InChI is InChI=1S/C29H34O15/c1-37-13-7-19-22(14(30)9-17(42-19)12-4-5-16(38-2)18(6-12)39-3)20(8-13)43-29-27(36)25(34)24(33)21(44-29)11-41-28-26(35)23(32)15(31)10-40-28/h4-9,15,21,23-29,31-36H,10-11H2,1-3H3/t15-,21-,23+,24-,25+,26-,27-,28+,29-/m1/s1. The topological polar surface area (TPSA) is 216 Å². The van der Waals surface area contributed by atoms with Crippen LogP contribution in [-0.2, 0) is 14.2 Å². The molecule has 3 heterocycles. The average Bonchev–Trinajstić information content (AvgIpc) is 3.03. The van der Waals surface area contributed by atoms with Crippen molar-refractivity contribution >= 4 is 11.0 Å². The molecule has 0 amide bonds. The number of fused-ring (bicyclic) bond motifs is 1.